The van der Waals surface area contributed by atoms with Gasteiger partial charge in [-0.25, -0.2) is 4.98 Å². The van der Waals surface area contributed by atoms with E-state index in [-0.39, 0.29) is 23.7 Å². The highest BCUT2D eigenvalue weighted by molar-refractivity contribution is 5.70. The topological polar surface area (TPSA) is 218 Å². The standard InChI is InChI=1S/C16H23N5O9/c1-4-7(22)9(24)11(26)15(29-4)28-2-5-8(23)10(25)14(30-5)21-3-18-6-12(21)19-16(17)20-13(6)27/h3-5,7-11,14-15,22-26H,2H2,1H3,(H3,17,19,20,27)/t4-,5+,7+,8+,9+,10+,11-,14+,15-/m0/s1. The van der Waals surface area contributed by atoms with E-state index in [1.807, 2.05) is 0 Å². The molecule has 0 bridgehead atoms. The number of fused-ring (bicyclic) bond motifs is 1. The molecule has 0 saturated carbocycles. The summed E-state index contributed by atoms with van der Waals surface area (Å²) in [5.41, 5.74) is 5.03. The molecule has 9 atom stereocenters. The molecule has 14 nitrogen and oxygen atoms in total. The molecule has 0 aliphatic carbocycles. The maximum atomic E-state index is 11.9. The Bertz CT molecular complexity index is 966. The van der Waals surface area contributed by atoms with Gasteiger partial charge in [0.1, 0.15) is 36.6 Å². The lowest BCUT2D eigenvalue weighted by Gasteiger charge is -2.39. The molecule has 4 heterocycles. The van der Waals surface area contributed by atoms with Gasteiger partial charge in [-0.05, 0) is 6.92 Å². The number of H-pyrrole nitrogens is 1. The summed E-state index contributed by atoms with van der Waals surface area (Å²) in [4.78, 5) is 22.2. The van der Waals surface area contributed by atoms with Crippen molar-refractivity contribution in [2.45, 2.75) is 62.2 Å². The number of aromatic amines is 1. The third-order valence-electron chi connectivity index (χ3n) is 5.30. The van der Waals surface area contributed by atoms with Gasteiger partial charge in [0.05, 0.1) is 19.0 Å². The van der Waals surface area contributed by atoms with Crippen LogP contribution >= 0.6 is 0 Å². The number of imidazole rings is 1. The van der Waals surface area contributed by atoms with Crippen LogP contribution in [-0.4, -0.2) is 101 Å². The first-order valence-corrected chi connectivity index (χ1v) is 9.24. The predicted molar refractivity (Wildman–Crippen MR) is 96.8 cm³/mol. The molecule has 4 rings (SSSR count). The number of ether oxygens (including phenoxy) is 3. The molecule has 0 aromatic carbocycles. The molecule has 0 amide bonds. The summed E-state index contributed by atoms with van der Waals surface area (Å²) < 4.78 is 17.7. The van der Waals surface area contributed by atoms with Crippen molar-refractivity contribution < 1.29 is 39.7 Å². The summed E-state index contributed by atoms with van der Waals surface area (Å²) in [5.74, 6) is -0.152. The molecule has 2 aliphatic heterocycles. The molecule has 30 heavy (non-hydrogen) atoms. The van der Waals surface area contributed by atoms with Crippen LogP contribution in [0.1, 0.15) is 13.2 Å². The fraction of sp³-hybridized carbons (Fsp3) is 0.688. The quantitative estimate of drug-likeness (QED) is 0.248. The zero-order valence-electron chi connectivity index (χ0n) is 15.8. The van der Waals surface area contributed by atoms with Crippen LogP contribution < -0.4 is 11.3 Å². The molecular formula is C16H23N5O9. The monoisotopic (exact) mass is 429 g/mol. The van der Waals surface area contributed by atoms with E-state index in [0.29, 0.717) is 0 Å². The number of aromatic nitrogens is 4. The van der Waals surface area contributed by atoms with Gasteiger partial charge in [0, 0.05) is 0 Å². The Balaban J connectivity index is 1.48. The van der Waals surface area contributed by atoms with Crippen LogP contribution in [0.4, 0.5) is 5.95 Å². The van der Waals surface area contributed by atoms with E-state index in [0.717, 1.165) is 0 Å². The molecule has 2 saturated heterocycles. The van der Waals surface area contributed by atoms with Crippen molar-refractivity contribution in [3.8, 4) is 0 Å². The van der Waals surface area contributed by atoms with Gasteiger partial charge in [-0.2, -0.15) is 4.98 Å². The Hall–Kier alpha value is -2.17. The average molecular weight is 429 g/mol. The van der Waals surface area contributed by atoms with Crippen molar-refractivity contribution in [3.05, 3.63) is 16.7 Å². The molecule has 8 N–H and O–H groups in total. The van der Waals surface area contributed by atoms with Crippen LogP contribution in [0.25, 0.3) is 11.2 Å². The minimum absolute atomic E-state index is 0.0190. The number of anilines is 1. The highest BCUT2D eigenvalue weighted by atomic mass is 16.7. The number of hydrogen-bond donors (Lipinski definition) is 7. The van der Waals surface area contributed by atoms with Crippen LogP contribution in [0, 0.1) is 0 Å². The highest BCUT2D eigenvalue weighted by Crippen LogP contribution is 2.32. The van der Waals surface area contributed by atoms with Gasteiger partial charge in [-0.3, -0.25) is 14.3 Å². The van der Waals surface area contributed by atoms with E-state index in [9.17, 15) is 30.3 Å². The summed E-state index contributed by atoms with van der Waals surface area (Å²) in [5, 5.41) is 50.4. The van der Waals surface area contributed by atoms with Crippen molar-refractivity contribution in [2.24, 2.45) is 0 Å². The lowest BCUT2D eigenvalue weighted by molar-refractivity contribution is -0.298. The van der Waals surface area contributed by atoms with Crippen LogP contribution in [0.3, 0.4) is 0 Å². The van der Waals surface area contributed by atoms with E-state index in [2.05, 4.69) is 15.0 Å². The third-order valence-corrected chi connectivity index (χ3v) is 5.30. The molecule has 0 radical (unpaired) electrons. The van der Waals surface area contributed by atoms with Crippen molar-refractivity contribution in [1.82, 2.24) is 19.5 Å². The van der Waals surface area contributed by atoms with Crippen molar-refractivity contribution in [3.63, 3.8) is 0 Å². The molecule has 2 aromatic rings. The molecule has 0 spiro atoms. The van der Waals surface area contributed by atoms with Gasteiger partial charge >= 0.3 is 0 Å². The Labute approximate surface area is 168 Å². The predicted octanol–water partition coefficient (Wildman–Crippen LogP) is -3.83. The Morgan fingerprint density at radius 1 is 1.13 bits per heavy atom. The maximum Gasteiger partial charge on any atom is 0.280 e. The van der Waals surface area contributed by atoms with Gasteiger partial charge in [0.25, 0.3) is 5.56 Å². The van der Waals surface area contributed by atoms with E-state index in [1.165, 1.54) is 17.8 Å². The molecular weight excluding hydrogens is 406 g/mol. The molecule has 2 fully saturated rings. The van der Waals surface area contributed by atoms with Crippen LogP contribution in [0.2, 0.25) is 0 Å². The summed E-state index contributed by atoms with van der Waals surface area (Å²) in [6.45, 7) is 1.19. The van der Waals surface area contributed by atoms with Gasteiger partial charge in [-0.1, -0.05) is 0 Å². The first kappa shape index (κ1) is 21.1. The van der Waals surface area contributed by atoms with Crippen molar-refractivity contribution >= 4 is 17.1 Å². The second-order valence-electron chi connectivity index (χ2n) is 7.34. The summed E-state index contributed by atoms with van der Waals surface area (Å²) in [6.07, 6.45) is -10.1. The third kappa shape index (κ3) is 3.46. The van der Waals surface area contributed by atoms with Gasteiger partial charge < -0.3 is 45.5 Å². The average Bonchev–Trinajstić information content (AvgIpc) is 3.24. The Morgan fingerprint density at radius 2 is 1.87 bits per heavy atom. The van der Waals surface area contributed by atoms with E-state index in [4.69, 9.17) is 19.9 Å². The van der Waals surface area contributed by atoms with Gasteiger partial charge in [0.15, 0.2) is 23.7 Å². The molecule has 2 aliphatic rings. The van der Waals surface area contributed by atoms with Crippen molar-refractivity contribution in [2.75, 3.05) is 12.3 Å². The number of nitrogens with zero attached hydrogens (tertiary/aromatic N) is 3. The van der Waals surface area contributed by atoms with E-state index in [1.54, 1.807) is 0 Å². The Kier molecular flexibility index (Phi) is 5.50. The van der Waals surface area contributed by atoms with Gasteiger partial charge in [-0.15, -0.1) is 0 Å². The number of nitrogens with two attached hydrogens (primary N) is 1. The number of rotatable bonds is 4. The second-order valence-corrected chi connectivity index (χ2v) is 7.34. The summed E-state index contributed by atoms with van der Waals surface area (Å²) in [7, 11) is 0. The van der Waals surface area contributed by atoms with E-state index < -0.39 is 60.8 Å². The zero-order chi connectivity index (χ0) is 21.7. The highest BCUT2D eigenvalue weighted by Gasteiger charge is 2.47. The van der Waals surface area contributed by atoms with Crippen LogP contribution in [-0.2, 0) is 14.2 Å². The minimum atomic E-state index is -1.52. The van der Waals surface area contributed by atoms with Crippen molar-refractivity contribution in [1.29, 1.82) is 0 Å². The molecule has 0 unspecified atom stereocenters. The lowest BCUT2D eigenvalue weighted by atomic mass is 10.00. The fourth-order valence-corrected chi connectivity index (χ4v) is 3.57. The SMILES string of the molecule is C[C@@H]1O[C@H](OC[C@H]2O[C@@H](n3cnc4c(=O)[nH]c(N)nc43)[C@H](O)[C@@H]2O)[C@@H](O)[C@H](O)[C@@H]1O. The fourth-order valence-electron chi connectivity index (χ4n) is 3.57. The first-order valence-electron chi connectivity index (χ1n) is 9.24. The normalized spacial score (nSPS) is 39.6. The number of aliphatic hydroxyl groups excluding tert-OH is 5. The first-order chi connectivity index (χ1) is 14.2. The second kappa shape index (κ2) is 7.82. The summed E-state index contributed by atoms with van der Waals surface area (Å²) in [6, 6.07) is 0. The number of nitrogen functional groups attached to an aromatic ring is 1. The largest absolute Gasteiger partial charge is 0.388 e. The van der Waals surface area contributed by atoms with Crippen LogP contribution in [0.5, 0.6) is 0 Å². The smallest absolute Gasteiger partial charge is 0.280 e. The zero-order valence-corrected chi connectivity index (χ0v) is 15.8. The molecule has 166 valence electrons. The number of hydrogen-bond acceptors (Lipinski definition) is 12. The number of aliphatic hydroxyl groups is 5. The van der Waals surface area contributed by atoms with Crippen LogP contribution in [0.15, 0.2) is 11.1 Å². The Morgan fingerprint density at radius 3 is 2.60 bits per heavy atom. The lowest BCUT2D eigenvalue weighted by Crippen LogP contribution is -2.57. The molecule has 2 aromatic heterocycles. The van der Waals surface area contributed by atoms with Gasteiger partial charge in [0.2, 0.25) is 5.95 Å². The minimum Gasteiger partial charge on any atom is -0.388 e. The number of nitrogens with one attached hydrogen (secondary N) is 1. The maximum absolute atomic E-state index is 11.9. The molecule has 14 heteroatoms. The van der Waals surface area contributed by atoms with E-state index >= 15 is 0 Å². The summed E-state index contributed by atoms with van der Waals surface area (Å²) >= 11 is 0.